The fraction of sp³-hybridized carbons (Fsp3) is 0.730. The molecule has 0 aliphatic carbocycles. The molecule has 0 spiro atoms. The summed E-state index contributed by atoms with van der Waals surface area (Å²) in [7, 11) is 0. The standard InChI is InChI=1S/C63H108O6/c1-4-7-10-13-16-19-22-25-28-30-31-33-35-38-41-44-47-50-53-56-62(65)68-59-60(58-67-61(64)55-52-49-46-43-40-37-34-27-24-21-18-15-12-9-6-3)69-63(66)57-54-51-48-45-42-39-36-32-29-26-23-20-17-14-11-8-5-2/h8,11,17-18,20-21,26-27,29,34,36,39,45,48,60H,4-7,9-10,12-16,19,22-25,28,30-33,35,37-38,40-44,46-47,49-59H2,1-3H3/b11-8-,20-17-,21-18-,29-26-,34-27-,39-36-,48-45-. The van der Waals surface area contributed by atoms with Crippen molar-refractivity contribution in [2.24, 2.45) is 0 Å². The zero-order valence-corrected chi connectivity index (χ0v) is 45.3. The minimum atomic E-state index is -0.811. The number of carbonyl (C=O) groups is 3. The van der Waals surface area contributed by atoms with E-state index in [4.69, 9.17) is 14.2 Å². The van der Waals surface area contributed by atoms with Gasteiger partial charge in [-0.2, -0.15) is 0 Å². The molecule has 0 saturated heterocycles. The van der Waals surface area contributed by atoms with Crippen molar-refractivity contribution in [2.45, 2.75) is 284 Å². The van der Waals surface area contributed by atoms with Gasteiger partial charge in [0, 0.05) is 19.3 Å². The molecule has 6 heteroatoms. The van der Waals surface area contributed by atoms with E-state index in [1.54, 1.807) is 0 Å². The molecule has 0 aromatic rings. The monoisotopic (exact) mass is 961 g/mol. The molecule has 0 aromatic heterocycles. The van der Waals surface area contributed by atoms with Gasteiger partial charge in [0.05, 0.1) is 0 Å². The van der Waals surface area contributed by atoms with Gasteiger partial charge < -0.3 is 14.2 Å². The van der Waals surface area contributed by atoms with Crippen LogP contribution in [0.4, 0.5) is 0 Å². The molecule has 1 unspecified atom stereocenters. The zero-order chi connectivity index (χ0) is 50.0. The van der Waals surface area contributed by atoms with E-state index < -0.39 is 6.10 Å². The molecule has 0 N–H and O–H groups in total. The van der Waals surface area contributed by atoms with Gasteiger partial charge >= 0.3 is 17.9 Å². The highest BCUT2D eigenvalue weighted by molar-refractivity contribution is 5.71. The maximum atomic E-state index is 12.8. The third kappa shape index (κ3) is 55.4. The Morgan fingerprint density at radius 2 is 0.580 bits per heavy atom. The van der Waals surface area contributed by atoms with Gasteiger partial charge in [-0.3, -0.25) is 14.4 Å². The molecule has 0 heterocycles. The number of esters is 3. The Morgan fingerprint density at radius 3 is 0.957 bits per heavy atom. The lowest BCUT2D eigenvalue weighted by atomic mass is 10.0. The molecule has 0 saturated carbocycles. The normalized spacial score (nSPS) is 12.7. The van der Waals surface area contributed by atoms with Gasteiger partial charge in [0.15, 0.2) is 6.10 Å². The number of hydrogen-bond donors (Lipinski definition) is 0. The van der Waals surface area contributed by atoms with Crippen LogP contribution in [0.25, 0.3) is 0 Å². The summed E-state index contributed by atoms with van der Waals surface area (Å²) in [4.78, 5) is 38.1. The summed E-state index contributed by atoms with van der Waals surface area (Å²) in [5.74, 6) is -0.967. The summed E-state index contributed by atoms with van der Waals surface area (Å²) in [5, 5.41) is 0. The van der Waals surface area contributed by atoms with Gasteiger partial charge in [0.2, 0.25) is 0 Å². The van der Waals surface area contributed by atoms with Gasteiger partial charge in [0.25, 0.3) is 0 Å². The number of unbranched alkanes of at least 4 members (excludes halogenated alkanes) is 27. The second-order valence-electron chi connectivity index (χ2n) is 19.2. The van der Waals surface area contributed by atoms with Gasteiger partial charge in [0.1, 0.15) is 13.2 Å². The van der Waals surface area contributed by atoms with Crippen molar-refractivity contribution in [3.05, 3.63) is 85.1 Å². The minimum Gasteiger partial charge on any atom is -0.462 e. The van der Waals surface area contributed by atoms with Crippen LogP contribution in [-0.2, 0) is 28.6 Å². The Morgan fingerprint density at radius 1 is 0.304 bits per heavy atom. The highest BCUT2D eigenvalue weighted by Gasteiger charge is 2.19. The molecule has 6 nitrogen and oxygen atoms in total. The van der Waals surface area contributed by atoms with Crippen LogP contribution in [0.3, 0.4) is 0 Å². The van der Waals surface area contributed by atoms with Crippen molar-refractivity contribution in [3.63, 3.8) is 0 Å². The quantitative estimate of drug-likeness (QED) is 0.0262. The zero-order valence-electron chi connectivity index (χ0n) is 45.3. The first-order valence-corrected chi connectivity index (χ1v) is 29.1. The van der Waals surface area contributed by atoms with Crippen LogP contribution in [0.5, 0.6) is 0 Å². The smallest absolute Gasteiger partial charge is 0.306 e. The first-order chi connectivity index (χ1) is 34.0. The SMILES string of the molecule is CC/C=C\C/C=C\C/C=C\C/C=C\C/C=C\CCCC(=O)OC(COC(=O)CCCCCCC/C=C\C/C=C\CCCCC)COC(=O)CCCCCCCCCCCCCCCCCCCCC. The number of hydrogen-bond acceptors (Lipinski definition) is 6. The van der Waals surface area contributed by atoms with Crippen molar-refractivity contribution < 1.29 is 28.6 Å². The minimum absolute atomic E-state index is 0.102. The molecule has 396 valence electrons. The third-order valence-electron chi connectivity index (χ3n) is 12.4. The molecule has 1 atom stereocenters. The Bertz CT molecular complexity index is 1330. The van der Waals surface area contributed by atoms with Crippen molar-refractivity contribution in [2.75, 3.05) is 13.2 Å². The Hall–Kier alpha value is -3.41. The van der Waals surface area contributed by atoms with E-state index in [1.807, 2.05) is 0 Å². The Balaban J connectivity index is 4.45. The number of rotatable bonds is 52. The highest BCUT2D eigenvalue weighted by atomic mass is 16.6. The van der Waals surface area contributed by atoms with Crippen LogP contribution in [0.15, 0.2) is 85.1 Å². The fourth-order valence-electron chi connectivity index (χ4n) is 8.04. The van der Waals surface area contributed by atoms with E-state index in [0.29, 0.717) is 19.3 Å². The molecule has 0 radical (unpaired) electrons. The molecule has 0 rings (SSSR count). The first kappa shape index (κ1) is 65.6. The van der Waals surface area contributed by atoms with Crippen molar-refractivity contribution in [3.8, 4) is 0 Å². The predicted molar refractivity (Wildman–Crippen MR) is 297 cm³/mol. The summed E-state index contributed by atoms with van der Waals surface area (Å²) in [6, 6.07) is 0. The third-order valence-corrected chi connectivity index (χ3v) is 12.4. The maximum absolute atomic E-state index is 12.8. The van der Waals surface area contributed by atoms with Gasteiger partial charge in [-0.05, 0) is 89.9 Å². The van der Waals surface area contributed by atoms with Crippen LogP contribution in [0, 0.1) is 0 Å². The Kier molecular flexibility index (Phi) is 54.3. The highest BCUT2D eigenvalue weighted by Crippen LogP contribution is 2.16. The lowest BCUT2D eigenvalue weighted by molar-refractivity contribution is -0.167. The molecular formula is C63H108O6. The molecular weight excluding hydrogens is 853 g/mol. The van der Waals surface area contributed by atoms with E-state index in [0.717, 1.165) is 103 Å². The van der Waals surface area contributed by atoms with Crippen LogP contribution in [-0.4, -0.2) is 37.2 Å². The number of ether oxygens (including phenoxy) is 3. The maximum Gasteiger partial charge on any atom is 0.306 e. The predicted octanol–water partition coefficient (Wildman–Crippen LogP) is 19.5. The first-order valence-electron chi connectivity index (χ1n) is 29.1. The van der Waals surface area contributed by atoms with Crippen LogP contribution < -0.4 is 0 Å². The number of carbonyl (C=O) groups excluding carboxylic acids is 3. The average molecular weight is 962 g/mol. The van der Waals surface area contributed by atoms with Gasteiger partial charge in [-0.15, -0.1) is 0 Å². The Labute approximate surface area is 426 Å². The average Bonchev–Trinajstić information content (AvgIpc) is 3.35. The van der Waals surface area contributed by atoms with Crippen LogP contribution in [0.1, 0.15) is 278 Å². The molecule has 0 aliphatic rings. The lowest BCUT2D eigenvalue weighted by Gasteiger charge is -2.18. The lowest BCUT2D eigenvalue weighted by Crippen LogP contribution is -2.30. The summed E-state index contributed by atoms with van der Waals surface area (Å²) >= 11 is 0. The summed E-state index contributed by atoms with van der Waals surface area (Å²) < 4.78 is 16.8. The van der Waals surface area contributed by atoms with Crippen LogP contribution >= 0.6 is 0 Å². The van der Waals surface area contributed by atoms with Crippen molar-refractivity contribution in [1.29, 1.82) is 0 Å². The van der Waals surface area contributed by atoms with E-state index in [1.165, 1.54) is 128 Å². The van der Waals surface area contributed by atoms with E-state index in [2.05, 4.69) is 106 Å². The summed E-state index contributed by atoms with van der Waals surface area (Å²) in [6.45, 7) is 6.46. The fourth-order valence-corrected chi connectivity index (χ4v) is 8.04. The second-order valence-corrected chi connectivity index (χ2v) is 19.2. The molecule has 0 aromatic carbocycles. The molecule has 0 fully saturated rings. The number of allylic oxidation sites excluding steroid dienone is 14. The summed E-state index contributed by atoms with van der Waals surface area (Å²) in [6.07, 6.45) is 74.4. The van der Waals surface area contributed by atoms with E-state index in [-0.39, 0.29) is 37.5 Å². The van der Waals surface area contributed by atoms with Crippen molar-refractivity contribution in [1.82, 2.24) is 0 Å². The van der Waals surface area contributed by atoms with Gasteiger partial charge in [-0.1, -0.05) is 254 Å². The molecule has 69 heavy (non-hydrogen) atoms. The topological polar surface area (TPSA) is 78.9 Å². The van der Waals surface area contributed by atoms with E-state index >= 15 is 0 Å². The van der Waals surface area contributed by atoms with E-state index in [9.17, 15) is 14.4 Å². The molecule has 0 bridgehead atoms. The second kappa shape index (κ2) is 57.2. The van der Waals surface area contributed by atoms with Crippen molar-refractivity contribution >= 4 is 17.9 Å². The van der Waals surface area contributed by atoms with Gasteiger partial charge in [-0.25, -0.2) is 0 Å². The largest absolute Gasteiger partial charge is 0.462 e. The summed E-state index contributed by atoms with van der Waals surface area (Å²) in [5.41, 5.74) is 0. The molecule has 0 amide bonds. The molecule has 0 aliphatic heterocycles. The van der Waals surface area contributed by atoms with Crippen LogP contribution in [0.2, 0.25) is 0 Å².